The summed E-state index contributed by atoms with van der Waals surface area (Å²) in [5.74, 6) is 0.620. The predicted octanol–water partition coefficient (Wildman–Crippen LogP) is 3.37. The monoisotopic (exact) mass is 420 g/mol. The van der Waals surface area contributed by atoms with E-state index in [4.69, 9.17) is 5.73 Å². The van der Waals surface area contributed by atoms with Gasteiger partial charge in [-0.25, -0.2) is 8.42 Å². The first-order valence-electron chi connectivity index (χ1n) is 8.78. The summed E-state index contributed by atoms with van der Waals surface area (Å²) in [6.45, 7) is 0. The molecule has 1 aliphatic rings. The van der Waals surface area contributed by atoms with Gasteiger partial charge in [-0.1, -0.05) is 31.4 Å². The molecule has 0 spiro atoms. The molecule has 0 aromatic heterocycles. The van der Waals surface area contributed by atoms with Crippen LogP contribution in [0.3, 0.4) is 0 Å². The summed E-state index contributed by atoms with van der Waals surface area (Å²) in [5, 5.41) is 2.57. The number of rotatable bonds is 8. The number of amides is 1. The highest BCUT2D eigenvalue weighted by atomic mass is 35.5. The molecular formula is C18H29ClN2O3S2. The lowest BCUT2D eigenvalue weighted by Gasteiger charge is -2.21. The second kappa shape index (κ2) is 11.2. The highest BCUT2D eigenvalue weighted by Gasteiger charge is 2.27. The maximum absolute atomic E-state index is 12.6. The number of carbonyl (C=O) groups is 1. The Morgan fingerprint density at radius 1 is 1.31 bits per heavy atom. The largest absolute Gasteiger partial charge is 0.325 e. The zero-order valence-electron chi connectivity index (χ0n) is 15.1. The van der Waals surface area contributed by atoms with E-state index in [1.54, 1.807) is 36.0 Å². The van der Waals surface area contributed by atoms with Crippen molar-refractivity contribution in [3.63, 3.8) is 0 Å². The highest BCUT2D eigenvalue weighted by molar-refractivity contribution is 7.98. The Balaban J connectivity index is 0.00000338. The fourth-order valence-corrected chi connectivity index (χ4v) is 5.55. The lowest BCUT2D eigenvalue weighted by atomic mass is 10.0. The quantitative estimate of drug-likeness (QED) is 0.672. The molecule has 0 unspecified atom stereocenters. The molecule has 1 fully saturated rings. The number of hydrogen-bond acceptors (Lipinski definition) is 5. The van der Waals surface area contributed by atoms with Gasteiger partial charge in [-0.15, -0.1) is 12.4 Å². The molecule has 0 radical (unpaired) electrons. The minimum Gasteiger partial charge on any atom is -0.325 e. The topological polar surface area (TPSA) is 89.3 Å². The molecule has 1 aromatic carbocycles. The number of thioether (sulfide) groups is 1. The van der Waals surface area contributed by atoms with Crippen molar-refractivity contribution in [2.45, 2.75) is 55.6 Å². The summed E-state index contributed by atoms with van der Waals surface area (Å²) in [6.07, 6.45) is 7.24. The van der Waals surface area contributed by atoms with Crippen molar-refractivity contribution in [1.29, 1.82) is 0 Å². The molecule has 0 aliphatic heterocycles. The van der Waals surface area contributed by atoms with Gasteiger partial charge in [0, 0.05) is 5.69 Å². The van der Waals surface area contributed by atoms with Crippen LogP contribution in [0, 0.1) is 0 Å². The van der Waals surface area contributed by atoms with Crippen LogP contribution in [0.2, 0.25) is 0 Å². The smallest absolute Gasteiger partial charge is 0.241 e. The van der Waals surface area contributed by atoms with Crippen LogP contribution in [0.25, 0.3) is 0 Å². The van der Waals surface area contributed by atoms with Crippen molar-refractivity contribution < 1.29 is 13.2 Å². The third kappa shape index (κ3) is 7.10. The van der Waals surface area contributed by atoms with E-state index in [1.165, 1.54) is 0 Å². The fourth-order valence-electron chi connectivity index (χ4n) is 3.12. The summed E-state index contributed by atoms with van der Waals surface area (Å²) in [5.41, 5.74) is 7.17. The van der Waals surface area contributed by atoms with E-state index in [9.17, 15) is 13.2 Å². The zero-order valence-corrected chi connectivity index (χ0v) is 17.6. The first kappa shape index (κ1) is 23.3. The molecule has 0 saturated heterocycles. The van der Waals surface area contributed by atoms with Gasteiger partial charge in [0.2, 0.25) is 5.91 Å². The Morgan fingerprint density at radius 2 is 2.00 bits per heavy atom. The Labute approximate surface area is 167 Å². The molecule has 5 nitrogen and oxygen atoms in total. The van der Waals surface area contributed by atoms with E-state index in [2.05, 4.69) is 5.32 Å². The average Bonchev–Trinajstić information content (AvgIpc) is 2.60. The first-order chi connectivity index (χ1) is 11.9. The second-order valence-corrected chi connectivity index (χ2v) is 9.91. The number of carbonyl (C=O) groups excluding carboxylic acids is 1. The number of sulfone groups is 1. The summed E-state index contributed by atoms with van der Waals surface area (Å²) in [7, 11) is -3.15. The van der Waals surface area contributed by atoms with Gasteiger partial charge in [-0.05, 0) is 49.0 Å². The Kier molecular flexibility index (Phi) is 10.00. The minimum atomic E-state index is -3.15. The van der Waals surface area contributed by atoms with Gasteiger partial charge in [0.15, 0.2) is 9.84 Å². The van der Waals surface area contributed by atoms with Crippen LogP contribution in [-0.2, 0) is 20.4 Å². The van der Waals surface area contributed by atoms with Gasteiger partial charge in [0.05, 0.1) is 17.0 Å². The zero-order chi connectivity index (χ0) is 18.3. The number of anilines is 1. The van der Waals surface area contributed by atoms with Crippen molar-refractivity contribution in [2.24, 2.45) is 5.73 Å². The normalized spacial score (nSPS) is 16.5. The molecule has 1 atom stereocenters. The summed E-state index contributed by atoms with van der Waals surface area (Å²) < 4.78 is 25.2. The van der Waals surface area contributed by atoms with E-state index in [1.807, 2.05) is 6.26 Å². The van der Waals surface area contributed by atoms with Crippen molar-refractivity contribution >= 4 is 45.6 Å². The van der Waals surface area contributed by atoms with Gasteiger partial charge in [-0.3, -0.25) is 4.79 Å². The molecule has 1 aliphatic carbocycles. The molecule has 1 saturated carbocycles. The molecule has 1 amide bonds. The van der Waals surface area contributed by atoms with E-state index in [-0.39, 0.29) is 29.3 Å². The van der Waals surface area contributed by atoms with Gasteiger partial charge in [0.1, 0.15) is 0 Å². The van der Waals surface area contributed by atoms with Crippen LogP contribution in [0.5, 0.6) is 0 Å². The van der Waals surface area contributed by atoms with E-state index in [0.717, 1.165) is 37.9 Å². The number of nitrogens with one attached hydrogen (secondary N) is 1. The first-order valence-corrected chi connectivity index (χ1v) is 11.9. The minimum absolute atomic E-state index is 0. The average molecular weight is 421 g/mol. The fraction of sp³-hybridized carbons (Fsp3) is 0.611. The van der Waals surface area contributed by atoms with Gasteiger partial charge >= 0.3 is 0 Å². The molecule has 8 heteroatoms. The summed E-state index contributed by atoms with van der Waals surface area (Å²) >= 11 is 1.65. The number of nitrogens with two attached hydrogens (primary N) is 1. The third-order valence-corrected chi connectivity index (χ3v) is 7.46. The Morgan fingerprint density at radius 3 is 2.65 bits per heavy atom. The third-order valence-electron chi connectivity index (χ3n) is 4.59. The van der Waals surface area contributed by atoms with E-state index < -0.39 is 15.9 Å². The van der Waals surface area contributed by atoms with E-state index in [0.29, 0.717) is 17.7 Å². The molecule has 3 N–H and O–H groups in total. The van der Waals surface area contributed by atoms with Crippen LogP contribution in [0.1, 0.15) is 44.1 Å². The Hall–Kier alpha value is -0.760. The number of hydrogen-bond donors (Lipinski definition) is 2. The van der Waals surface area contributed by atoms with Crippen molar-refractivity contribution in [3.8, 4) is 0 Å². The van der Waals surface area contributed by atoms with Gasteiger partial charge in [0.25, 0.3) is 0 Å². The van der Waals surface area contributed by atoms with E-state index >= 15 is 0 Å². The van der Waals surface area contributed by atoms with Crippen molar-refractivity contribution in [2.75, 3.05) is 17.3 Å². The van der Waals surface area contributed by atoms with Crippen molar-refractivity contribution in [3.05, 3.63) is 29.8 Å². The lowest BCUT2D eigenvalue weighted by Crippen LogP contribution is -2.36. The molecule has 26 heavy (non-hydrogen) atoms. The molecular weight excluding hydrogens is 392 g/mol. The van der Waals surface area contributed by atoms with Crippen LogP contribution in [0.15, 0.2) is 24.3 Å². The van der Waals surface area contributed by atoms with Crippen molar-refractivity contribution in [1.82, 2.24) is 0 Å². The van der Waals surface area contributed by atoms with Crippen LogP contribution < -0.4 is 11.1 Å². The van der Waals surface area contributed by atoms with Gasteiger partial charge < -0.3 is 11.1 Å². The maximum Gasteiger partial charge on any atom is 0.241 e. The van der Waals surface area contributed by atoms with Gasteiger partial charge in [-0.2, -0.15) is 11.8 Å². The van der Waals surface area contributed by atoms with Crippen LogP contribution >= 0.6 is 24.2 Å². The summed E-state index contributed by atoms with van der Waals surface area (Å²) in [6, 6.07) is 6.51. The van der Waals surface area contributed by atoms with Crippen LogP contribution in [-0.4, -0.2) is 37.6 Å². The molecule has 0 heterocycles. The lowest BCUT2D eigenvalue weighted by molar-refractivity contribution is -0.117. The Bertz CT molecular complexity index is 677. The molecule has 0 bridgehead atoms. The number of halogens is 1. The van der Waals surface area contributed by atoms with Crippen LogP contribution in [0.4, 0.5) is 5.69 Å². The predicted molar refractivity (Wildman–Crippen MR) is 113 cm³/mol. The molecule has 148 valence electrons. The molecule has 1 aromatic rings. The second-order valence-electron chi connectivity index (χ2n) is 6.64. The summed E-state index contributed by atoms with van der Waals surface area (Å²) in [4.78, 5) is 12.1. The highest BCUT2D eigenvalue weighted by Crippen LogP contribution is 2.26. The SMILES string of the molecule is CSCC[C@H](N)C(=O)Nc1cccc(CS(=O)(=O)C2CCCCC2)c1.Cl. The molecule has 2 rings (SSSR count). The number of benzene rings is 1. The standard InChI is InChI=1S/C18H28N2O3S2.ClH/c1-24-11-10-17(19)18(21)20-15-7-5-6-14(12-15)13-25(22,23)16-8-3-2-4-9-16;/h5-7,12,16-17H,2-4,8-11,13,19H2,1H3,(H,20,21);1H/t17-;/m0./s1. The maximum atomic E-state index is 12.6.